The molecule has 0 atom stereocenters. The SMILES string of the molecule is COc1cc(/C=C2\Oc3cc(OC(=O)c4cc(OC)c(OC)c(OC)c4)cc(C)c3C2=O)cc(OC)c1OC. The highest BCUT2D eigenvalue weighted by Crippen LogP contribution is 2.42. The minimum atomic E-state index is -0.661. The predicted octanol–water partition coefficient (Wildman–Crippen LogP) is 4.88. The topological polar surface area (TPSA) is 108 Å². The second kappa shape index (κ2) is 11.3. The zero-order valence-corrected chi connectivity index (χ0v) is 22.6. The zero-order valence-electron chi connectivity index (χ0n) is 22.6. The van der Waals surface area contributed by atoms with Crippen LogP contribution in [0.25, 0.3) is 6.08 Å². The normalized spacial score (nSPS) is 12.9. The Labute approximate surface area is 225 Å². The van der Waals surface area contributed by atoms with Crippen LogP contribution in [0, 0.1) is 6.92 Å². The first kappa shape index (κ1) is 27.2. The summed E-state index contributed by atoms with van der Waals surface area (Å²) < 4.78 is 43.6. The molecule has 0 N–H and O–H groups in total. The molecule has 39 heavy (non-hydrogen) atoms. The van der Waals surface area contributed by atoms with Crippen LogP contribution in [0.5, 0.6) is 46.0 Å². The molecular weight excluding hydrogens is 508 g/mol. The fraction of sp³-hybridized carbons (Fsp3) is 0.241. The third-order valence-electron chi connectivity index (χ3n) is 6.04. The highest BCUT2D eigenvalue weighted by atomic mass is 16.5. The molecule has 0 bridgehead atoms. The number of hydrogen-bond donors (Lipinski definition) is 0. The third-order valence-corrected chi connectivity index (χ3v) is 6.04. The van der Waals surface area contributed by atoms with Gasteiger partial charge >= 0.3 is 5.97 Å². The van der Waals surface area contributed by atoms with Crippen LogP contribution in [-0.2, 0) is 0 Å². The standard InChI is InChI=1S/C29H28O10/c1-15-8-18(38-29(31)17-12-23(34-4)28(37-7)24(13-17)35-5)14-19-25(15)26(30)20(39-19)9-16-10-21(32-2)27(36-6)22(11-16)33-3/h8-14H,1-7H3/b20-9-. The molecular formula is C29H28O10. The van der Waals surface area contributed by atoms with Gasteiger partial charge in [-0.25, -0.2) is 4.79 Å². The highest BCUT2D eigenvalue weighted by Gasteiger charge is 2.31. The van der Waals surface area contributed by atoms with Crippen LogP contribution in [-0.4, -0.2) is 54.4 Å². The Bertz CT molecular complexity index is 1420. The van der Waals surface area contributed by atoms with Crippen molar-refractivity contribution in [2.75, 3.05) is 42.7 Å². The van der Waals surface area contributed by atoms with Crippen LogP contribution in [0.15, 0.2) is 42.2 Å². The monoisotopic (exact) mass is 536 g/mol. The number of Topliss-reactive ketones (excluding diaryl/α,β-unsaturated/α-hetero) is 1. The van der Waals surface area contributed by atoms with Crippen molar-refractivity contribution in [3.63, 3.8) is 0 Å². The van der Waals surface area contributed by atoms with E-state index in [1.165, 1.54) is 60.9 Å². The number of fused-ring (bicyclic) bond motifs is 1. The van der Waals surface area contributed by atoms with Crippen molar-refractivity contribution >= 4 is 17.8 Å². The highest BCUT2D eigenvalue weighted by molar-refractivity contribution is 6.15. The molecule has 204 valence electrons. The fourth-order valence-electron chi connectivity index (χ4n) is 4.24. The van der Waals surface area contributed by atoms with Crippen LogP contribution < -0.4 is 37.9 Å². The van der Waals surface area contributed by atoms with Gasteiger partial charge in [-0.3, -0.25) is 4.79 Å². The van der Waals surface area contributed by atoms with E-state index in [9.17, 15) is 9.59 Å². The number of carbonyl (C=O) groups excluding carboxylic acids is 2. The largest absolute Gasteiger partial charge is 0.493 e. The first-order valence-electron chi connectivity index (χ1n) is 11.7. The average molecular weight is 537 g/mol. The van der Waals surface area contributed by atoms with E-state index in [-0.39, 0.29) is 28.6 Å². The molecule has 0 fully saturated rings. The van der Waals surface area contributed by atoms with Gasteiger partial charge in [-0.05, 0) is 54.5 Å². The molecule has 0 saturated heterocycles. The molecule has 1 aliphatic rings. The number of aryl methyl sites for hydroxylation is 1. The summed E-state index contributed by atoms with van der Waals surface area (Å²) >= 11 is 0. The van der Waals surface area contributed by atoms with Gasteiger partial charge in [0.15, 0.2) is 28.8 Å². The van der Waals surface area contributed by atoms with Gasteiger partial charge in [-0.2, -0.15) is 0 Å². The summed E-state index contributed by atoms with van der Waals surface area (Å²) in [5.41, 5.74) is 1.75. The molecule has 3 aromatic rings. The number of benzene rings is 3. The van der Waals surface area contributed by atoms with E-state index in [2.05, 4.69) is 0 Å². The van der Waals surface area contributed by atoms with Gasteiger partial charge in [-0.1, -0.05) is 0 Å². The van der Waals surface area contributed by atoms with E-state index < -0.39 is 5.97 Å². The molecule has 0 amide bonds. The first-order chi connectivity index (χ1) is 18.8. The fourth-order valence-corrected chi connectivity index (χ4v) is 4.24. The van der Waals surface area contributed by atoms with Gasteiger partial charge in [0.1, 0.15) is 11.5 Å². The summed E-state index contributed by atoms with van der Waals surface area (Å²) in [6.45, 7) is 1.74. The lowest BCUT2D eigenvalue weighted by atomic mass is 10.0. The Morgan fingerprint density at radius 1 is 0.718 bits per heavy atom. The number of methoxy groups -OCH3 is 6. The molecule has 1 heterocycles. The molecule has 10 heteroatoms. The summed E-state index contributed by atoms with van der Waals surface area (Å²) in [7, 11) is 8.89. The van der Waals surface area contributed by atoms with E-state index >= 15 is 0 Å². The van der Waals surface area contributed by atoms with Crippen molar-refractivity contribution in [2.45, 2.75) is 6.92 Å². The lowest BCUT2D eigenvalue weighted by Gasteiger charge is -2.14. The molecule has 10 nitrogen and oxygen atoms in total. The van der Waals surface area contributed by atoms with Gasteiger partial charge in [0, 0.05) is 6.07 Å². The molecule has 0 saturated carbocycles. The van der Waals surface area contributed by atoms with Crippen molar-refractivity contribution < 1.29 is 47.5 Å². The maximum atomic E-state index is 13.2. The lowest BCUT2D eigenvalue weighted by Crippen LogP contribution is -2.10. The van der Waals surface area contributed by atoms with Crippen LogP contribution >= 0.6 is 0 Å². The Morgan fingerprint density at radius 3 is 1.72 bits per heavy atom. The number of ether oxygens (including phenoxy) is 8. The predicted molar refractivity (Wildman–Crippen MR) is 141 cm³/mol. The van der Waals surface area contributed by atoms with E-state index in [1.54, 1.807) is 31.2 Å². The lowest BCUT2D eigenvalue weighted by molar-refractivity contribution is 0.0733. The number of ketones is 1. The minimum Gasteiger partial charge on any atom is -0.493 e. The quantitative estimate of drug-likeness (QED) is 0.213. The Kier molecular flexibility index (Phi) is 7.85. The molecule has 0 spiro atoms. The van der Waals surface area contributed by atoms with E-state index in [1.807, 2.05) is 0 Å². The molecule has 4 rings (SSSR count). The van der Waals surface area contributed by atoms with Crippen LogP contribution in [0.4, 0.5) is 0 Å². The summed E-state index contributed by atoms with van der Waals surface area (Å²) in [5, 5.41) is 0. The van der Waals surface area contributed by atoms with Crippen molar-refractivity contribution in [1.82, 2.24) is 0 Å². The second-order valence-electron chi connectivity index (χ2n) is 8.32. The number of allylic oxidation sites excluding steroid dienone is 1. The summed E-state index contributed by atoms with van der Waals surface area (Å²) in [6.07, 6.45) is 1.58. The van der Waals surface area contributed by atoms with Gasteiger partial charge in [-0.15, -0.1) is 0 Å². The number of carbonyl (C=O) groups is 2. The average Bonchev–Trinajstić information content (AvgIpc) is 3.25. The van der Waals surface area contributed by atoms with Crippen LogP contribution in [0.2, 0.25) is 0 Å². The van der Waals surface area contributed by atoms with Crippen LogP contribution in [0.3, 0.4) is 0 Å². The molecule has 0 unspecified atom stereocenters. The number of rotatable bonds is 9. The zero-order chi connectivity index (χ0) is 28.3. The number of esters is 1. The first-order valence-corrected chi connectivity index (χ1v) is 11.7. The minimum absolute atomic E-state index is 0.0930. The van der Waals surface area contributed by atoms with E-state index in [4.69, 9.17) is 37.9 Å². The van der Waals surface area contributed by atoms with Gasteiger partial charge in [0.2, 0.25) is 17.3 Å². The maximum Gasteiger partial charge on any atom is 0.343 e. The van der Waals surface area contributed by atoms with Gasteiger partial charge in [0.05, 0.1) is 53.8 Å². The van der Waals surface area contributed by atoms with Crippen molar-refractivity contribution in [3.8, 4) is 46.0 Å². The summed E-state index contributed by atoms with van der Waals surface area (Å²) in [5.74, 6) is 1.86. The molecule has 3 aromatic carbocycles. The summed E-state index contributed by atoms with van der Waals surface area (Å²) in [6, 6.07) is 9.46. The Morgan fingerprint density at radius 2 is 1.23 bits per heavy atom. The van der Waals surface area contributed by atoms with Gasteiger partial charge < -0.3 is 37.9 Å². The summed E-state index contributed by atoms with van der Waals surface area (Å²) in [4.78, 5) is 26.2. The second-order valence-corrected chi connectivity index (χ2v) is 8.32. The van der Waals surface area contributed by atoms with Crippen LogP contribution in [0.1, 0.15) is 31.8 Å². The van der Waals surface area contributed by atoms with Crippen molar-refractivity contribution in [1.29, 1.82) is 0 Å². The molecule has 0 aliphatic carbocycles. The smallest absolute Gasteiger partial charge is 0.343 e. The third kappa shape index (κ3) is 5.13. The Hall–Kier alpha value is -4.86. The van der Waals surface area contributed by atoms with E-state index in [0.29, 0.717) is 51.2 Å². The molecule has 0 radical (unpaired) electrons. The molecule has 0 aromatic heterocycles. The van der Waals surface area contributed by atoms with Crippen molar-refractivity contribution in [2.24, 2.45) is 0 Å². The van der Waals surface area contributed by atoms with Crippen molar-refractivity contribution in [3.05, 3.63) is 64.4 Å². The maximum absolute atomic E-state index is 13.2. The van der Waals surface area contributed by atoms with Gasteiger partial charge in [0.25, 0.3) is 0 Å². The molecule has 1 aliphatic heterocycles. The Balaban J connectivity index is 1.63. The van der Waals surface area contributed by atoms with E-state index in [0.717, 1.165) is 0 Å². The number of hydrogen-bond acceptors (Lipinski definition) is 10.